The van der Waals surface area contributed by atoms with Gasteiger partial charge in [-0.05, 0) is 43.9 Å². The van der Waals surface area contributed by atoms with Gasteiger partial charge in [0.1, 0.15) is 0 Å². The molecule has 0 aliphatic rings. The van der Waals surface area contributed by atoms with E-state index in [1.165, 1.54) is 0 Å². The van der Waals surface area contributed by atoms with Crippen LogP contribution in [0.5, 0.6) is 11.5 Å². The van der Waals surface area contributed by atoms with Gasteiger partial charge in [0.15, 0.2) is 11.5 Å². The van der Waals surface area contributed by atoms with Gasteiger partial charge in [0.2, 0.25) is 0 Å². The Balaban J connectivity index is 2.71. The number of hydrogen-bond donors (Lipinski definition) is 1. The van der Waals surface area contributed by atoms with E-state index in [0.29, 0.717) is 19.6 Å². The summed E-state index contributed by atoms with van der Waals surface area (Å²) in [6.45, 7) is 5.16. The molecule has 1 rings (SSSR count). The van der Waals surface area contributed by atoms with Gasteiger partial charge in [-0.1, -0.05) is 13.0 Å². The van der Waals surface area contributed by atoms with Crippen LogP contribution in [-0.2, 0) is 6.42 Å². The molecule has 1 aromatic rings. The maximum Gasteiger partial charge on any atom is 0.161 e. The first-order valence-electron chi connectivity index (χ1n) is 7.22. The van der Waals surface area contributed by atoms with E-state index in [0.717, 1.165) is 36.3 Å². The number of nitrogens with zero attached hydrogens (tertiary/aromatic N) is 1. The number of ether oxygens (including phenoxy) is 2. The van der Waals surface area contributed by atoms with Crippen LogP contribution in [-0.4, -0.2) is 19.3 Å². The predicted octanol–water partition coefficient (Wildman–Crippen LogP) is 3.05. The average molecular weight is 276 g/mol. The molecule has 0 fully saturated rings. The van der Waals surface area contributed by atoms with E-state index in [2.05, 4.69) is 13.0 Å². The first-order valence-corrected chi connectivity index (χ1v) is 7.22. The Morgan fingerprint density at radius 2 is 2.05 bits per heavy atom. The second kappa shape index (κ2) is 9.22. The zero-order chi connectivity index (χ0) is 14.8. The molecule has 0 bridgehead atoms. The third-order valence-corrected chi connectivity index (χ3v) is 3.02. The van der Waals surface area contributed by atoms with Crippen molar-refractivity contribution in [1.29, 1.82) is 5.26 Å². The minimum absolute atomic E-state index is 0.173. The molecule has 0 heterocycles. The molecule has 1 aromatic carbocycles. The molecule has 4 nitrogen and oxygen atoms in total. The Labute approximate surface area is 121 Å². The van der Waals surface area contributed by atoms with Gasteiger partial charge in [-0.2, -0.15) is 5.26 Å². The third kappa shape index (κ3) is 5.50. The number of unbranched alkanes of at least 4 members (excludes halogenated alkanes) is 1. The highest BCUT2D eigenvalue weighted by Gasteiger charge is 2.08. The van der Waals surface area contributed by atoms with Crippen LogP contribution in [0.15, 0.2) is 18.2 Å². The summed E-state index contributed by atoms with van der Waals surface area (Å²) in [5.41, 5.74) is 7.14. The van der Waals surface area contributed by atoms with E-state index in [1.54, 1.807) is 0 Å². The van der Waals surface area contributed by atoms with Crippen LogP contribution in [0, 0.1) is 11.3 Å². The first kappa shape index (κ1) is 16.3. The van der Waals surface area contributed by atoms with Crippen molar-refractivity contribution >= 4 is 0 Å². The van der Waals surface area contributed by atoms with Crippen molar-refractivity contribution in [2.24, 2.45) is 5.73 Å². The molecule has 0 radical (unpaired) electrons. The summed E-state index contributed by atoms with van der Waals surface area (Å²) in [5.74, 6) is 1.49. The van der Waals surface area contributed by atoms with Crippen molar-refractivity contribution in [3.05, 3.63) is 23.8 Å². The monoisotopic (exact) mass is 276 g/mol. The Morgan fingerprint density at radius 1 is 1.25 bits per heavy atom. The lowest BCUT2D eigenvalue weighted by Crippen LogP contribution is -2.21. The minimum Gasteiger partial charge on any atom is -0.490 e. The zero-order valence-corrected chi connectivity index (χ0v) is 12.4. The summed E-state index contributed by atoms with van der Waals surface area (Å²) in [4.78, 5) is 0. The van der Waals surface area contributed by atoms with Crippen molar-refractivity contribution in [2.45, 2.75) is 45.6 Å². The molecule has 0 spiro atoms. The Morgan fingerprint density at radius 3 is 2.70 bits per heavy atom. The van der Waals surface area contributed by atoms with E-state index < -0.39 is 0 Å². The molecular weight excluding hydrogens is 252 g/mol. The molecule has 0 aliphatic carbocycles. The average Bonchev–Trinajstić information content (AvgIpc) is 2.45. The number of rotatable bonds is 9. The summed E-state index contributed by atoms with van der Waals surface area (Å²) < 4.78 is 11.3. The van der Waals surface area contributed by atoms with E-state index in [-0.39, 0.29) is 6.04 Å². The maximum absolute atomic E-state index is 8.50. The highest BCUT2D eigenvalue weighted by molar-refractivity contribution is 5.43. The molecule has 110 valence electrons. The largest absolute Gasteiger partial charge is 0.490 e. The molecule has 0 aliphatic heterocycles. The predicted molar refractivity (Wildman–Crippen MR) is 79.9 cm³/mol. The standard InChI is InChI=1S/C16H24N2O2/c1-3-14(18)11-13-7-8-15(16(12-13)19-4-2)20-10-6-5-9-17/h7-8,12,14H,3-6,10-11,18H2,1-2H3. The number of hydrogen-bond acceptors (Lipinski definition) is 4. The van der Waals surface area contributed by atoms with Crippen molar-refractivity contribution in [2.75, 3.05) is 13.2 Å². The summed E-state index contributed by atoms with van der Waals surface area (Å²) in [5, 5.41) is 8.50. The van der Waals surface area contributed by atoms with Crippen LogP contribution in [0.2, 0.25) is 0 Å². The Bertz CT molecular complexity index is 441. The fraction of sp³-hybridized carbons (Fsp3) is 0.562. The van der Waals surface area contributed by atoms with Gasteiger partial charge in [0, 0.05) is 12.5 Å². The van der Waals surface area contributed by atoms with Crippen LogP contribution >= 0.6 is 0 Å². The van der Waals surface area contributed by atoms with E-state index in [4.69, 9.17) is 20.5 Å². The topological polar surface area (TPSA) is 68.3 Å². The summed E-state index contributed by atoms with van der Waals surface area (Å²) in [7, 11) is 0. The SMILES string of the molecule is CCOc1cc(CC(N)CC)ccc1OCCCC#N. The second-order valence-corrected chi connectivity index (χ2v) is 4.70. The third-order valence-electron chi connectivity index (χ3n) is 3.02. The van der Waals surface area contributed by atoms with Crippen LogP contribution < -0.4 is 15.2 Å². The maximum atomic E-state index is 8.50. The fourth-order valence-electron chi connectivity index (χ4n) is 1.85. The molecule has 0 aromatic heterocycles. The van der Waals surface area contributed by atoms with Gasteiger partial charge in [-0.15, -0.1) is 0 Å². The lowest BCUT2D eigenvalue weighted by atomic mass is 10.0. The molecule has 1 atom stereocenters. The first-order chi connectivity index (χ1) is 9.71. The normalized spacial score (nSPS) is 11.7. The van der Waals surface area contributed by atoms with E-state index in [9.17, 15) is 0 Å². The van der Waals surface area contributed by atoms with Crippen molar-refractivity contribution in [1.82, 2.24) is 0 Å². The molecule has 20 heavy (non-hydrogen) atoms. The molecule has 0 saturated heterocycles. The van der Waals surface area contributed by atoms with Gasteiger partial charge in [-0.25, -0.2) is 0 Å². The van der Waals surface area contributed by atoms with Crippen molar-refractivity contribution < 1.29 is 9.47 Å². The number of benzene rings is 1. The molecule has 0 amide bonds. The van der Waals surface area contributed by atoms with Gasteiger partial charge in [0.05, 0.1) is 19.3 Å². The van der Waals surface area contributed by atoms with Gasteiger partial charge >= 0.3 is 0 Å². The Kier molecular flexibility index (Phi) is 7.52. The van der Waals surface area contributed by atoms with Gasteiger partial charge < -0.3 is 15.2 Å². The number of nitriles is 1. The second-order valence-electron chi connectivity index (χ2n) is 4.70. The molecular formula is C16H24N2O2. The smallest absolute Gasteiger partial charge is 0.161 e. The lowest BCUT2D eigenvalue weighted by molar-refractivity contribution is 0.274. The molecule has 0 saturated carbocycles. The quantitative estimate of drug-likeness (QED) is 0.704. The van der Waals surface area contributed by atoms with Gasteiger partial charge in [0.25, 0.3) is 0 Å². The number of nitrogens with two attached hydrogens (primary N) is 1. The summed E-state index contributed by atoms with van der Waals surface area (Å²) in [6, 6.07) is 8.23. The zero-order valence-electron chi connectivity index (χ0n) is 12.4. The lowest BCUT2D eigenvalue weighted by Gasteiger charge is -2.14. The molecule has 2 N–H and O–H groups in total. The summed E-state index contributed by atoms with van der Waals surface area (Å²) >= 11 is 0. The molecule has 4 heteroatoms. The highest BCUT2D eigenvalue weighted by Crippen LogP contribution is 2.29. The van der Waals surface area contributed by atoms with E-state index >= 15 is 0 Å². The minimum atomic E-state index is 0.173. The van der Waals surface area contributed by atoms with Crippen molar-refractivity contribution in [3.63, 3.8) is 0 Å². The van der Waals surface area contributed by atoms with Crippen LogP contribution in [0.3, 0.4) is 0 Å². The van der Waals surface area contributed by atoms with Crippen molar-refractivity contribution in [3.8, 4) is 17.6 Å². The summed E-state index contributed by atoms with van der Waals surface area (Å²) in [6.07, 6.45) is 3.03. The van der Waals surface area contributed by atoms with E-state index in [1.807, 2.05) is 25.1 Å². The fourth-order valence-corrected chi connectivity index (χ4v) is 1.85. The highest BCUT2D eigenvalue weighted by atomic mass is 16.5. The van der Waals surface area contributed by atoms with Gasteiger partial charge in [-0.3, -0.25) is 0 Å². The van der Waals surface area contributed by atoms with Crippen LogP contribution in [0.25, 0.3) is 0 Å². The Hall–Kier alpha value is -1.73. The molecule has 1 unspecified atom stereocenters. The van der Waals surface area contributed by atoms with Crippen LogP contribution in [0.4, 0.5) is 0 Å². The van der Waals surface area contributed by atoms with Crippen LogP contribution in [0.1, 0.15) is 38.7 Å².